The summed E-state index contributed by atoms with van der Waals surface area (Å²) in [5, 5.41) is 2.81. The lowest BCUT2D eigenvalue weighted by atomic mass is 10.3. The van der Waals surface area contributed by atoms with Crippen molar-refractivity contribution in [2.45, 2.75) is 13.0 Å². The first-order chi connectivity index (χ1) is 13.1. The zero-order valence-corrected chi connectivity index (χ0v) is 15.6. The van der Waals surface area contributed by atoms with Gasteiger partial charge in [-0.3, -0.25) is 0 Å². The molecule has 2 amide bonds. The number of nitrogens with zero attached hydrogens (tertiary/aromatic N) is 2. The molecule has 2 rings (SSSR count). The van der Waals surface area contributed by atoms with Gasteiger partial charge in [0.05, 0.1) is 26.5 Å². The highest BCUT2D eigenvalue weighted by Gasteiger charge is 2.20. The summed E-state index contributed by atoms with van der Waals surface area (Å²) in [6, 6.07) is 6.75. The normalized spacial score (nSPS) is 10.3. The van der Waals surface area contributed by atoms with Gasteiger partial charge in [-0.2, -0.15) is 0 Å². The van der Waals surface area contributed by atoms with Crippen LogP contribution in [0, 0.1) is 0 Å². The monoisotopic (exact) mass is 377 g/mol. The third-order valence-electron chi connectivity index (χ3n) is 3.68. The predicted molar refractivity (Wildman–Crippen MR) is 96.8 cm³/mol. The van der Waals surface area contributed by atoms with Crippen LogP contribution in [0.25, 0.3) is 0 Å². The second-order valence-electron chi connectivity index (χ2n) is 5.52. The Kier molecular flexibility index (Phi) is 7.63. The number of urea groups is 1. The van der Waals surface area contributed by atoms with Crippen molar-refractivity contribution in [2.75, 3.05) is 39.8 Å². The van der Waals surface area contributed by atoms with Gasteiger partial charge in [-0.1, -0.05) is 12.1 Å². The van der Waals surface area contributed by atoms with Gasteiger partial charge in [-0.15, -0.1) is 0 Å². The van der Waals surface area contributed by atoms with E-state index in [0.717, 1.165) is 0 Å². The van der Waals surface area contributed by atoms with E-state index >= 15 is 0 Å². The molecule has 146 valence electrons. The molecule has 0 aliphatic rings. The Morgan fingerprint density at radius 3 is 2.70 bits per heavy atom. The minimum Gasteiger partial charge on any atom is -0.495 e. The Morgan fingerprint density at radius 2 is 2.00 bits per heavy atom. The van der Waals surface area contributed by atoms with Crippen LogP contribution >= 0.6 is 0 Å². The summed E-state index contributed by atoms with van der Waals surface area (Å²) in [4.78, 5) is 29.8. The van der Waals surface area contributed by atoms with Crippen molar-refractivity contribution in [3.63, 3.8) is 0 Å². The fraction of sp³-hybridized carbons (Fsp3) is 0.389. The van der Waals surface area contributed by atoms with Crippen molar-refractivity contribution < 1.29 is 28.2 Å². The number of rotatable bonds is 9. The Bertz CT molecular complexity index is 761. The number of carbonyl (C=O) groups excluding carboxylic acids is 2. The number of oxazole rings is 1. The van der Waals surface area contributed by atoms with Crippen molar-refractivity contribution in [1.82, 2.24) is 9.88 Å². The van der Waals surface area contributed by atoms with Crippen molar-refractivity contribution in [3.8, 4) is 5.75 Å². The van der Waals surface area contributed by atoms with Crippen LogP contribution < -0.4 is 10.1 Å². The summed E-state index contributed by atoms with van der Waals surface area (Å²) < 4.78 is 20.2. The van der Waals surface area contributed by atoms with Crippen LogP contribution in [0.15, 0.2) is 34.9 Å². The molecule has 1 aromatic carbocycles. The van der Waals surface area contributed by atoms with E-state index in [2.05, 4.69) is 15.0 Å². The molecule has 1 aromatic heterocycles. The van der Waals surface area contributed by atoms with Gasteiger partial charge in [-0.25, -0.2) is 14.6 Å². The first kappa shape index (κ1) is 20.2. The molecular formula is C18H23N3O6. The molecule has 0 spiro atoms. The first-order valence-corrected chi connectivity index (χ1v) is 8.29. The molecule has 0 fully saturated rings. The first-order valence-electron chi connectivity index (χ1n) is 8.29. The summed E-state index contributed by atoms with van der Waals surface area (Å²) in [7, 11) is 4.38. The Labute approximate surface area is 157 Å². The van der Waals surface area contributed by atoms with Crippen molar-refractivity contribution in [3.05, 3.63) is 42.1 Å². The molecule has 0 saturated heterocycles. The number of carbonyl (C=O) groups is 2. The van der Waals surface area contributed by atoms with Crippen LogP contribution in [-0.2, 0) is 16.0 Å². The average Bonchev–Trinajstić information content (AvgIpc) is 3.15. The third kappa shape index (κ3) is 5.71. The SMILES string of the molecule is COCCCN(Cc1nc(C(=O)OC)co1)C(=O)Nc1ccccc1OC. The molecule has 0 aliphatic heterocycles. The largest absolute Gasteiger partial charge is 0.495 e. The van der Waals surface area contributed by atoms with Crippen molar-refractivity contribution in [1.29, 1.82) is 0 Å². The van der Waals surface area contributed by atoms with Gasteiger partial charge >= 0.3 is 12.0 Å². The number of benzene rings is 1. The number of esters is 1. The highest BCUT2D eigenvalue weighted by Crippen LogP contribution is 2.23. The summed E-state index contributed by atoms with van der Waals surface area (Å²) in [6.07, 6.45) is 1.83. The number of para-hydroxylation sites is 2. The molecule has 0 saturated carbocycles. The summed E-state index contributed by atoms with van der Waals surface area (Å²) in [5.74, 6) is 0.171. The van der Waals surface area contributed by atoms with Crippen LogP contribution in [0.3, 0.4) is 0 Å². The van der Waals surface area contributed by atoms with Crippen LogP contribution in [0.4, 0.5) is 10.5 Å². The molecule has 9 nitrogen and oxygen atoms in total. The maximum atomic E-state index is 12.7. The molecule has 2 aromatic rings. The molecule has 1 heterocycles. The van der Waals surface area contributed by atoms with E-state index in [1.54, 1.807) is 25.3 Å². The minimum atomic E-state index is -0.602. The Balaban J connectivity index is 2.11. The van der Waals surface area contributed by atoms with E-state index in [1.807, 2.05) is 6.07 Å². The number of methoxy groups -OCH3 is 3. The van der Waals surface area contributed by atoms with Crippen LogP contribution in [0.1, 0.15) is 22.8 Å². The maximum Gasteiger partial charge on any atom is 0.360 e. The highest BCUT2D eigenvalue weighted by atomic mass is 16.5. The second kappa shape index (κ2) is 10.2. The van der Waals surface area contributed by atoms with Gasteiger partial charge in [0.25, 0.3) is 0 Å². The van der Waals surface area contributed by atoms with Gasteiger partial charge in [0.2, 0.25) is 5.89 Å². The number of hydrogen-bond donors (Lipinski definition) is 1. The zero-order chi connectivity index (χ0) is 19.6. The molecular weight excluding hydrogens is 354 g/mol. The van der Waals surface area contributed by atoms with E-state index in [1.165, 1.54) is 25.4 Å². The summed E-state index contributed by atoms with van der Waals surface area (Å²) in [5.41, 5.74) is 0.596. The minimum absolute atomic E-state index is 0.0504. The van der Waals surface area contributed by atoms with E-state index in [-0.39, 0.29) is 24.2 Å². The predicted octanol–water partition coefficient (Wildman–Crippen LogP) is 2.54. The molecule has 9 heteroatoms. The third-order valence-corrected chi connectivity index (χ3v) is 3.68. The van der Waals surface area contributed by atoms with Crippen LogP contribution in [0.2, 0.25) is 0 Å². The second-order valence-corrected chi connectivity index (χ2v) is 5.52. The molecule has 0 unspecified atom stereocenters. The molecule has 0 aliphatic carbocycles. The number of ether oxygens (including phenoxy) is 3. The lowest BCUT2D eigenvalue weighted by Crippen LogP contribution is -2.36. The lowest BCUT2D eigenvalue weighted by Gasteiger charge is -2.22. The Hall–Kier alpha value is -3.07. The topological polar surface area (TPSA) is 103 Å². The molecule has 1 N–H and O–H groups in total. The number of aromatic nitrogens is 1. The van der Waals surface area contributed by atoms with E-state index in [9.17, 15) is 9.59 Å². The van der Waals surface area contributed by atoms with E-state index in [0.29, 0.717) is 31.0 Å². The van der Waals surface area contributed by atoms with Gasteiger partial charge in [0, 0.05) is 20.3 Å². The lowest BCUT2D eigenvalue weighted by molar-refractivity contribution is 0.0594. The van der Waals surface area contributed by atoms with Crippen molar-refractivity contribution >= 4 is 17.7 Å². The summed E-state index contributed by atoms with van der Waals surface area (Å²) >= 11 is 0. The Morgan fingerprint density at radius 1 is 1.22 bits per heavy atom. The van der Waals surface area contributed by atoms with Gasteiger partial charge in [0.15, 0.2) is 5.69 Å². The molecule has 0 radical (unpaired) electrons. The fourth-order valence-electron chi connectivity index (χ4n) is 2.34. The van der Waals surface area contributed by atoms with Gasteiger partial charge < -0.3 is 28.8 Å². The number of anilines is 1. The molecule has 27 heavy (non-hydrogen) atoms. The number of amides is 2. The summed E-state index contributed by atoms with van der Waals surface area (Å²) in [6.45, 7) is 0.990. The van der Waals surface area contributed by atoms with Gasteiger partial charge in [0.1, 0.15) is 12.0 Å². The van der Waals surface area contributed by atoms with E-state index in [4.69, 9.17) is 13.9 Å². The highest BCUT2D eigenvalue weighted by molar-refractivity contribution is 5.91. The molecule has 0 atom stereocenters. The number of hydrogen-bond acceptors (Lipinski definition) is 7. The average molecular weight is 377 g/mol. The van der Waals surface area contributed by atoms with Gasteiger partial charge in [-0.05, 0) is 18.6 Å². The molecule has 0 bridgehead atoms. The van der Waals surface area contributed by atoms with Crippen LogP contribution in [0.5, 0.6) is 5.75 Å². The quantitative estimate of drug-likeness (QED) is 0.529. The fourth-order valence-corrected chi connectivity index (χ4v) is 2.34. The van der Waals surface area contributed by atoms with E-state index < -0.39 is 5.97 Å². The number of nitrogens with one attached hydrogen (secondary N) is 1. The zero-order valence-electron chi connectivity index (χ0n) is 15.6. The smallest absolute Gasteiger partial charge is 0.360 e. The van der Waals surface area contributed by atoms with Crippen LogP contribution in [-0.4, -0.2) is 56.4 Å². The van der Waals surface area contributed by atoms with Crippen molar-refractivity contribution in [2.24, 2.45) is 0 Å². The maximum absolute atomic E-state index is 12.7. The standard InChI is InChI=1S/C18H23N3O6/c1-24-10-6-9-21(11-16-19-14(12-27-16)17(22)26-3)18(23)20-13-7-4-5-8-15(13)25-2/h4-5,7-8,12H,6,9-11H2,1-3H3,(H,20,23).